The lowest BCUT2D eigenvalue weighted by Crippen LogP contribution is -2.17. The summed E-state index contributed by atoms with van der Waals surface area (Å²) in [7, 11) is 1.93. The van der Waals surface area contributed by atoms with Crippen LogP contribution in [0.15, 0.2) is 42.5 Å². The Labute approximate surface area is 169 Å². The van der Waals surface area contributed by atoms with E-state index in [1.807, 2.05) is 24.1 Å². The summed E-state index contributed by atoms with van der Waals surface area (Å²) in [5, 5.41) is 12.8. The van der Waals surface area contributed by atoms with E-state index in [1.165, 1.54) is 35.6 Å². The van der Waals surface area contributed by atoms with E-state index in [2.05, 4.69) is 15.5 Å². The lowest BCUT2D eigenvalue weighted by Gasteiger charge is -2.15. The number of hydrogen-bond acceptors (Lipinski definition) is 5. The Morgan fingerprint density at radius 2 is 1.78 bits per heavy atom. The SMILES string of the molecule is CN(Cc1cc(Cl)cc(Cl)c1)Cc1nnc(C(=O)Nc2ccc(F)cc2)s1. The van der Waals surface area contributed by atoms with Crippen molar-refractivity contribution in [2.24, 2.45) is 0 Å². The minimum atomic E-state index is -0.380. The van der Waals surface area contributed by atoms with Crippen molar-refractivity contribution in [3.8, 4) is 0 Å². The first-order chi connectivity index (χ1) is 12.9. The number of amides is 1. The largest absolute Gasteiger partial charge is 0.320 e. The van der Waals surface area contributed by atoms with Gasteiger partial charge in [0.2, 0.25) is 5.01 Å². The average molecular weight is 425 g/mol. The number of aromatic nitrogens is 2. The molecule has 1 heterocycles. The van der Waals surface area contributed by atoms with Crippen molar-refractivity contribution in [1.82, 2.24) is 15.1 Å². The molecule has 0 aliphatic heterocycles. The van der Waals surface area contributed by atoms with Crippen LogP contribution in [0.4, 0.5) is 10.1 Å². The van der Waals surface area contributed by atoms with E-state index in [-0.39, 0.29) is 16.7 Å². The molecule has 2 aromatic carbocycles. The molecule has 0 unspecified atom stereocenters. The normalized spacial score (nSPS) is 11.0. The molecule has 3 aromatic rings. The number of carbonyl (C=O) groups is 1. The fourth-order valence-electron chi connectivity index (χ4n) is 2.43. The van der Waals surface area contributed by atoms with Crippen LogP contribution in [0.1, 0.15) is 20.4 Å². The number of nitrogens with one attached hydrogen (secondary N) is 1. The highest BCUT2D eigenvalue weighted by molar-refractivity contribution is 7.13. The van der Waals surface area contributed by atoms with Gasteiger partial charge in [-0.1, -0.05) is 34.5 Å². The number of rotatable bonds is 6. The maximum absolute atomic E-state index is 12.9. The summed E-state index contributed by atoms with van der Waals surface area (Å²) < 4.78 is 12.9. The van der Waals surface area contributed by atoms with E-state index in [4.69, 9.17) is 23.2 Å². The molecule has 1 N–H and O–H groups in total. The van der Waals surface area contributed by atoms with Crippen molar-refractivity contribution in [1.29, 1.82) is 0 Å². The van der Waals surface area contributed by atoms with Gasteiger partial charge >= 0.3 is 0 Å². The molecule has 0 fully saturated rings. The van der Waals surface area contributed by atoms with E-state index in [0.717, 1.165) is 5.56 Å². The van der Waals surface area contributed by atoms with Crippen LogP contribution in [0.2, 0.25) is 10.0 Å². The number of nitrogens with zero attached hydrogens (tertiary/aromatic N) is 3. The molecule has 0 atom stereocenters. The lowest BCUT2D eigenvalue weighted by molar-refractivity contribution is 0.102. The van der Waals surface area contributed by atoms with E-state index in [0.29, 0.717) is 33.8 Å². The molecule has 0 aliphatic carbocycles. The molecule has 5 nitrogen and oxygen atoms in total. The summed E-state index contributed by atoms with van der Waals surface area (Å²) in [5.41, 5.74) is 1.47. The van der Waals surface area contributed by atoms with Crippen molar-refractivity contribution < 1.29 is 9.18 Å². The molecule has 3 rings (SSSR count). The van der Waals surface area contributed by atoms with Crippen LogP contribution in [0.25, 0.3) is 0 Å². The molecule has 1 aromatic heterocycles. The Kier molecular flexibility index (Phi) is 6.38. The van der Waals surface area contributed by atoms with Crippen LogP contribution in [-0.4, -0.2) is 28.1 Å². The van der Waals surface area contributed by atoms with Gasteiger partial charge in [-0.2, -0.15) is 0 Å². The third kappa shape index (κ3) is 5.71. The second kappa shape index (κ2) is 8.75. The topological polar surface area (TPSA) is 58.1 Å². The molecular weight excluding hydrogens is 410 g/mol. The molecule has 0 radical (unpaired) electrons. The number of carbonyl (C=O) groups excluding carboxylic acids is 1. The van der Waals surface area contributed by atoms with Crippen molar-refractivity contribution >= 4 is 46.1 Å². The Bertz CT molecular complexity index is 929. The van der Waals surface area contributed by atoms with Crippen LogP contribution in [0.5, 0.6) is 0 Å². The predicted molar refractivity (Wildman–Crippen MR) is 106 cm³/mol. The number of benzene rings is 2. The summed E-state index contributed by atoms with van der Waals surface area (Å²) >= 11 is 13.2. The zero-order valence-electron chi connectivity index (χ0n) is 14.2. The highest BCUT2D eigenvalue weighted by Crippen LogP contribution is 2.21. The summed E-state index contributed by atoms with van der Waals surface area (Å²) in [6.45, 7) is 1.14. The molecule has 0 saturated carbocycles. The maximum Gasteiger partial charge on any atom is 0.286 e. The first-order valence-electron chi connectivity index (χ1n) is 7.92. The van der Waals surface area contributed by atoms with Crippen LogP contribution in [0, 0.1) is 5.82 Å². The first kappa shape index (κ1) is 19.7. The quantitative estimate of drug-likeness (QED) is 0.613. The lowest BCUT2D eigenvalue weighted by atomic mass is 10.2. The summed E-state index contributed by atoms with van der Waals surface area (Å²) in [6, 6.07) is 10.9. The standard InChI is InChI=1S/C18H15Cl2FN4OS/c1-25(9-11-6-12(19)8-13(20)7-11)10-16-23-24-18(27-16)17(26)22-15-4-2-14(21)3-5-15/h2-8H,9-10H2,1H3,(H,22,26). The van der Waals surface area contributed by atoms with Gasteiger partial charge in [-0.3, -0.25) is 9.69 Å². The van der Waals surface area contributed by atoms with Gasteiger partial charge in [0.1, 0.15) is 10.8 Å². The fourth-order valence-corrected chi connectivity index (χ4v) is 3.81. The Hall–Kier alpha value is -2.06. The number of anilines is 1. The third-order valence-corrected chi connectivity index (χ3v) is 4.89. The Morgan fingerprint density at radius 1 is 1.11 bits per heavy atom. The van der Waals surface area contributed by atoms with Gasteiger partial charge < -0.3 is 5.32 Å². The van der Waals surface area contributed by atoms with Crippen molar-refractivity contribution in [2.45, 2.75) is 13.1 Å². The monoisotopic (exact) mass is 424 g/mol. The minimum Gasteiger partial charge on any atom is -0.320 e. The van der Waals surface area contributed by atoms with E-state index >= 15 is 0 Å². The van der Waals surface area contributed by atoms with Crippen molar-refractivity contribution in [3.63, 3.8) is 0 Å². The third-order valence-electron chi connectivity index (χ3n) is 3.54. The van der Waals surface area contributed by atoms with Crippen LogP contribution in [0.3, 0.4) is 0 Å². The molecule has 0 saturated heterocycles. The highest BCUT2D eigenvalue weighted by atomic mass is 35.5. The molecule has 1 amide bonds. The Balaban J connectivity index is 1.59. The van der Waals surface area contributed by atoms with Gasteiger partial charge in [0.25, 0.3) is 5.91 Å². The second-order valence-corrected chi connectivity index (χ2v) is 7.85. The van der Waals surface area contributed by atoms with E-state index in [9.17, 15) is 9.18 Å². The molecule has 0 bridgehead atoms. The second-order valence-electron chi connectivity index (χ2n) is 5.91. The fraction of sp³-hybridized carbons (Fsp3) is 0.167. The minimum absolute atomic E-state index is 0.244. The van der Waals surface area contributed by atoms with Gasteiger partial charge in [-0.05, 0) is 55.1 Å². The molecule has 140 valence electrons. The smallest absolute Gasteiger partial charge is 0.286 e. The number of halogens is 3. The zero-order valence-corrected chi connectivity index (χ0v) is 16.6. The summed E-state index contributed by atoms with van der Waals surface area (Å²) in [4.78, 5) is 14.2. The summed E-state index contributed by atoms with van der Waals surface area (Å²) in [5.74, 6) is -0.745. The van der Waals surface area contributed by atoms with Crippen molar-refractivity contribution in [3.05, 3.63) is 73.9 Å². The number of hydrogen-bond donors (Lipinski definition) is 1. The average Bonchev–Trinajstić information content (AvgIpc) is 3.04. The highest BCUT2D eigenvalue weighted by Gasteiger charge is 2.14. The molecule has 9 heteroatoms. The van der Waals surface area contributed by atoms with Gasteiger partial charge in [-0.25, -0.2) is 4.39 Å². The Morgan fingerprint density at radius 3 is 2.44 bits per heavy atom. The molecule has 0 spiro atoms. The van der Waals surface area contributed by atoms with Crippen molar-refractivity contribution in [2.75, 3.05) is 12.4 Å². The van der Waals surface area contributed by atoms with Gasteiger partial charge in [-0.15, -0.1) is 10.2 Å². The molecule has 27 heavy (non-hydrogen) atoms. The maximum atomic E-state index is 12.9. The van der Waals surface area contributed by atoms with E-state index < -0.39 is 0 Å². The zero-order chi connectivity index (χ0) is 19.4. The van der Waals surface area contributed by atoms with Gasteiger partial charge in [0.05, 0.1) is 6.54 Å². The van der Waals surface area contributed by atoms with Gasteiger partial charge in [0, 0.05) is 22.3 Å². The molecule has 0 aliphatic rings. The predicted octanol–water partition coefficient (Wildman–Crippen LogP) is 4.87. The first-order valence-corrected chi connectivity index (χ1v) is 9.49. The van der Waals surface area contributed by atoms with Crippen LogP contribution >= 0.6 is 34.5 Å². The van der Waals surface area contributed by atoms with Crippen LogP contribution in [-0.2, 0) is 13.1 Å². The van der Waals surface area contributed by atoms with E-state index in [1.54, 1.807) is 6.07 Å². The van der Waals surface area contributed by atoms with Gasteiger partial charge in [0.15, 0.2) is 0 Å². The summed E-state index contributed by atoms with van der Waals surface area (Å²) in [6.07, 6.45) is 0. The van der Waals surface area contributed by atoms with Crippen LogP contribution < -0.4 is 5.32 Å². The molecular formula is C18H15Cl2FN4OS.